The second-order valence-electron chi connectivity index (χ2n) is 4.65. The first-order chi connectivity index (χ1) is 7.92. The molecule has 0 aromatic heterocycles. The van der Waals surface area contributed by atoms with E-state index in [1.54, 1.807) is 0 Å². The van der Waals surface area contributed by atoms with Crippen LogP contribution in [0.3, 0.4) is 0 Å². The van der Waals surface area contributed by atoms with Crippen LogP contribution in [0, 0.1) is 5.92 Å². The lowest BCUT2D eigenvalue weighted by atomic mass is 9.98. The van der Waals surface area contributed by atoms with Gasteiger partial charge in [0.25, 0.3) is 0 Å². The Hall–Kier alpha value is -0.620. The Labute approximate surface area is 103 Å². The second kappa shape index (κ2) is 6.35. The molecule has 100 valence electrons. The van der Waals surface area contributed by atoms with Gasteiger partial charge in [0, 0.05) is 12.8 Å². The molecular formula is C11H21NO4S. The summed E-state index contributed by atoms with van der Waals surface area (Å²) in [5, 5.41) is 0. The monoisotopic (exact) mass is 263 g/mol. The van der Waals surface area contributed by atoms with E-state index in [2.05, 4.69) is 4.90 Å². The topological polar surface area (TPSA) is 63.7 Å². The summed E-state index contributed by atoms with van der Waals surface area (Å²) in [6.45, 7) is 2.37. The van der Waals surface area contributed by atoms with Gasteiger partial charge in [-0.3, -0.25) is 4.79 Å². The Balaban J connectivity index is 2.32. The van der Waals surface area contributed by atoms with Crippen LogP contribution in [0.25, 0.3) is 0 Å². The van der Waals surface area contributed by atoms with Crippen LogP contribution in [0.2, 0.25) is 0 Å². The Morgan fingerprint density at radius 3 is 2.76 bits per heavy atom. The van der Waals surface area contributed by atoms with Crippen LogP contribution in [-0.4, -0.2) is 58.0 Å². The number of likely N-dealkylation sites (tertiary alicyclic amines) is 1. The number of hydrogen-bond acceptors (Lipinski definition) is 5. The molecule has 1 rings (SSSR count). The molecule has 0 bridgehead atoms. The van der Waals surface area contributed by atoms with Gasteiger partial charge in [-0.1, -0.05) is 0 Å². The minimum Gasteiger partial charge on any atom is -0.469 e. The predicted molar refractivity (Wildman–Crippen MR) is 65.5 cm³/mol. The minimum absolute atomic E-state index is 0.0491. The predicted octanol–water partition coefficient (Wildman–Crippen LogP) is 0.306. The van der Waals surface area contributed by atoms with Crippen LogP contribution < -0.4 is 0 Å². The van der Waals surface area contributed by atoms with Gasteiger partial charge in [0.1, 0.15) is 9.84 Å². The van der Waals surface area contributed by atoms with Crippen LogP contribution in [-0.2, 0) is 19.4 Å². The number of hydrogen-bond donors (Lipinski definition) is 0. The number of sulfone groups is 1. The molecule has 0 radical (unpaired) electrons. The molecule has 1 heterocycles. The van der Waals surface area contributed by atoms with Crippen molar-refractivity contribution in [2.24, 2.45) is 5.92 Å². The van der Waals surface area contributed by atoms with Gasteiger partial charge in [0.15, 0.2) is 0 Å². The fourth-order valence-electron chi connectivity index (χ4n) is 2.17. The molecule has 0 amide bonds. The van der Waals surface area contributed by atoms with Crippen LogP contribution in [0.4, 0.5) is 0 Å². The van der Waals surface area contributed by atoms with Gasteiger partial charge in [-0.2, -0.15) is 0 Å². The molecular weight excluding hydrogens is 242 g/mol. The summed E-state index contributed by atoms with van der Waals surface area (Å²) in [4.78, 5) is 13.5. The number of carbonyl (C=O) groups excluding carboxylic acids is 1. The highest BCUT2D eigenvalue weighted by Crippen LogP contribution is 2.17. The van der Waals surface area contributed by atoms with E-state index >= 15 is 0 Å². The summed E-state index contributed by atoms with van der Waals surface area (Å²) in [5.74, 6) is 0.0108. The Morgan fingerprint density at radius 1 is 1.47 bits per heavy atom. The zero-order valence-electron chi connectivity index (χ0n) is 10.5. The first-order valence-corrected chi connectivity index (χ1v) is 7.96. The lowest BCUT2D eigenvalue weighted by Gasteiger charge is -2.31. The lowest BCUT2D eigenvalue weighted by Crippen LogP contribution is -2.39. The molecule has 1 aliphatic heterocycles. The summed E-state index contributed by atoms with van der Waals surface area (Å²) in [5.41, 5.74) is 0. The smallest absolute Gasteiger partial charge is 0.309 e. The number of nitrogens with zero attached hydrogens (tertiary/aromatic N) is 1. The molecule has 1 atom stereocenters. The number of ether oxygens (including phenoxy) is 1. The maximum absolute atomic E-state index is 11.4. The van der Waals surface area contributed by atoms with E-state index in [4.69, 9.17) is 4.74 Å². The summed E-state index contributed by atoms with van der Waals surface area (Å²) in [6, 6.07) is 0. The zero-order chi connectivity index (χ0) is 12.9. The molecule has 5 nitrogen and oxygen atoms in total. The molecule has 0 N–H and O–H groups in total. The molecule has 0 saturated carbocycles. The van der Waals surface area contributed by atoms with Crippen molar-refractivity contribution in [3.8, 4) is 0 Å². The third-order valence-corrected chi connectivity index (χ3v) is 4.06. The summed E-state index contributed by atoms with van der Waals surface area (Å²) >= 11 is 0. The zero-order valence-corrected chi connectivity index (χ0v) is 11.3. The number of piperidine rings is 1. The van der Waals surface area contributed by atoms with E-state index in [1.807, 2.05) is 0 Å². The molecule has 1 fully saturated rings. The minimum atomic E-state index is -2.88. The van der Waals surface area contributed by atoms with Gasteiger partial charge in [-0.15, -0.1) is 0 Å². The van der Waals surface area contributed by atoms with E-state index in [9.17, 15) is 13.2 Å². The number of esters is 1. The quantitative estimate of drug-likeness (QED) is 0.668. The molecule has 0 unspecified atom stereocenters. The van der Waals surface area contributed by atoms with Gasteiger partial charge < -0.3 is 9.64 Å². The average molecular weight is 263 g/mol. The van der Waals surface area contributed by atoms with Gasteiger partial charge in [-0.25, -0.2) is 8.42 Å². The van der Waals surface area contributed by atoms with Crippen molar-refractivity contribution in [3.05, 3.63) is 0 Å². The fraction of sp³-hybridized carbons (Fsp3) is 0.909. The molecule has 0 aliphatic carbocycles. The van der Waals surface area contributed by atoms with Crippen molar-refractivity contribution in [1.82, 2.24) is 4.90 Å². The first kappa shape index (κ1) is 14.4. The first-order valence-electron chi connectivity index (χ1n) is 5.90. The average Bonchev–Trinajstić information content (AvgIpc) is 2.27. The van der Waals surface area contributed by atoms with E-state index < -0.39 is 9.84 Å². The van der Waals surface area contributed by atoms with Crippen molar-refractivity contribution in [1.29, 1.82) is 0 Å². The highest BCUT2D eigenvalue weighted by Gasteiger charge is 2.26. The molecule has 0 aromatic carbocycles. The van der Waals surface area contributed by atoms with Crippen molar-refractivity contribution < 1.29 is 17.9 Å². The number of rotatable bonds is 5. The Morgan fingerprint density at radius 2 is 2.18 bits per heavy atom. The highest BCUT2D eigenvalue weighted by molar-refractivity contribution is 7.90. The summed E-state index contributed by atoms with van der Waals surface area (Å²) < 4.78 is 26.7. The second-order valence-corrected chi connectivity index (χ2v) is 6.91. The maximum atomic E-state index is 11.4. The van der Waals surface area contributed by atoms with Crippen LogP contribution in [0.5, 0.6) is 0 Å². The van der Waals surface area contributed by atoms with Crippen molar-refractivity contribution in [2.45, 2.75) is 19.3 Å². The van der Waals surface area contributed by atoms with E-state index in [0.29, 0.717) is 13.0 Å². The molecule has 17 heavy (non-hydrogen) atoms. The number of methoxy groups -OCH3 is 1. The third-order valence-electron chi connectivity index (χ3n) is 3.03. The highest BCUT2D eigenvalue weighted by atomic mass is 32.2. The van der Waals surface area contributed by atoms with E-state index in [1.165, 1.54) is 13.4 Å². The molecule has 6 heteroatoms. The van der Waals surface area contributed by atoms with Gasteiger partial charge in [-0.05, 0) is 32.4 Å². The van der Waals surface area contributed by atoms with Crippen LogP contribution in [0.1, 0.15) is 19.3 Å². The number of carbonyl (C=O) groups is 1. The van der Waals surface area contributed by atoms with Gasteiger partial charge >= 0.3 is 5.97 Å². The molecule has 1 saturated heterocycles. The summed E-state index contributed by atoms with van der Waals surface area (Å²) in [6.07, 6.45) is 3.72. The molecule has 0 aromatic rings. The Bertz CT molecular complexity index is 352. The third kappa shape index (κ3) is 5.50. The standard InChI is InChI=1S/C11H21NO4S/c1-16-11(13)10-5-3-6-12(9-10)7-4-8-17(2,14)15/h10H,3-9H2,1-2H3/t10-/m0/s1. The van der Waals surface area contributed by atoms with Crippen LogP contribution >= 0.6 is 0 Å². The molecule has 0 spiro atoms. The fourth-order valence-corrected chi connectivity index (χ4v) is 2.82. The van der Waals surface area contributed by atoms with Crippen molar-refractivity contribution in [3.63, 3.8) is 0 Å². The SMILES string of the molecule is COC(=O)[C@H]1CCCN(CCCS(C)(=O)=O)C1. The van der Waals surface area contributed by atoms with Crippen molar-refractivity contribution in [2.75, 3.05) is 38.8 Å². The molecule has 1 aliphatic rings. The summed E-state index contributed by atoms with van der Waals surface area (Å²) in [7, 11) is -1.47. The van der Waals surface area contributed by atoms with E-state index in [0.717, 1.165) is 25.9 Å². The lowest BCUT2D eigenvalue weighted by molar-refractivity contribution is -0.147. The Kier molecular flexibility index (Phi) is 5.39. The van der Waals surface area contributed by atoms with E-state index in [-0.39, 0.29) is 17.6 Å². The van der Waals surface area contributed by atoms with Crippen LogP contribution in [0.15, 0.2) is 0 Å². The van der Waals surface area contributed by atoms with Gasteiger partial charge in [0.2, 0.25) is 0 Å². The normalized spacial score (nSPS) is 22.4. The van der Waals surface area contributed by atoms with Gasteiger partial charge in [0.05, 0.1) is 18.8 Å². The van der Waals surface area contributed by atoms with Crippen molar-refractivity contribution >= 4 is 15.8 Å². The largest absolute Gasteiger partial charge is 0.469 e. The maximum Gasteiger partial charge on any atom is 0.309 e.